The van der Waals surface area contributed by atoms with Crippen LogP contribution in [-0.4, -0.2) is 37.3 Å². The topological polar surface area (TPSA) is 21.3 Å². The normalized spacial score (nSPS) is 38.8. The number of hydrogen-bond acceptors (Lipinski definition) is 3. The molecule has 0 radical (unpaired) electrons. The number of hydrogen-bond donors (Lipinski definition) is 1. The van der Waals surface area contributed by atoms with Crippen molar-refractivity contribution in [2.45, 2.75) is 25.8 Å². The van der Waals surface area contributed by atoms with Gasteiger partial charge in [-0.1, -0.05) is 6.92 Å². The van der Waals surface area contributed by atoms with Gasteiger partial charge < -0.3 is 10.1 Å². The van der Waals surface area contributed by atoms with Gasteiger partial charge in [-0.15, -0.1) is 0 Å². The first-order valence-electron chi connectivity index (χ1n) is 5.75. The molecule has 0 aromatic carbocycles. The molecule has 2 rings (SSSR count). The van der Waals surface area contributed by atoms with Crippen molar-refractivity contribution < 1.29 is 4.74 Å². The van der Waals surface area contributed by atoms with E-state index in [-0.39, 0.29) is 0 Å². The molecule has 0 bridgehead atoms. The first-order valence-corrected chi connectivity index (χ1v) is 6.90. The highest BCUT2D eigenvalue weighted by molar-refractivity contribution is 7.99. The maximum atomic E-state index is 5.48. The average molecular weight is 215 g/mol. The Balaban J connectivity index is 1.65. The maximum Gasteiger partial charge on any atom is 0.0506 e. The minimum Gasteiger partial charge on any atom is -0.381 e. The first kappa shape index (κ1) is 10.8. The predicted molar refractivity (Wildman–Crippen MR) is 61.8 cm³/mol. The molecule has 82 valence electrons. The molecule has 2 saturated heterocycles. The summed E-state index contributed by atoms with van der Waals surface area (Å²) in [6.45, 7) is 5.47. The van der Waals surface area contributed by atoms with E-state index in [0.29, 0.717) is 0 Å². The van der Waals surface area contributed by atoms with Crippen molar-refractivity contribution in [2.75, 3.05) is 31.3 Å². The molecule has 14 heavy (non-hydrogen) atoms. The lowest BCUT2D eigenvalue weighted by Crippen LogP contribution is -2.39. The van der Waals surface area contributed by atoms with Crippen LogP contribution in [-0.2, 0) is 4.74 Å². The fourth-order valence-corrected chi connectivity index (χ4v) is 3.65. The summed E-state index contributed by atoms with van der Waals surface area (Å²) in [7, 11) is 0. The molecule has 2 aliphatic heterocycles. The molecule has 0 saturated carbocycles. The van der Waals surface area contributed by atoms with Crippen molar-refractivity contribution in [3.8, 4) is 0 Å². The van der Waals surface area contributed by atoms with Gasteiger partial charge in [0.15, 0.2) is 0 Å². The summed E-state index contributed by atoms with van der Waals surface area (Å²) in [6, 6.07) is 0.752. The van der Waals surface area contributed by atoms with Crippen molar-refractivity contribution in [1.82, 2.24) is 5.32 Å². The van der Waals surface area contributed by atoms with E-state index in [1.807, 2.05) is 0 Å². The summed E-state index contributed by atoms with van der Waals surface area (Å²) < 4.78 is 5.48. The van der Waals surface area contributed by atoms with Crippen LogP contribution in [0.2, 0.25) is 0 Å². The number of nitrogens with one attached hydrogen (secondary N) is 1. The van der Waals surface area contributed by atoms with Gasteiger partial charge in [-0.05, 0) is 30.4 Å². The molecule has 1 N–H and O–H groups in total. The Morgan fingerprint density at radius 3 is 3.00 bits per heavy atom. The summed E-state index contributed by atoms with van der Waals surface area (Å²) in [4.78, 5) is 0. The Morgan fingerprint density at radius 1 is 1.43 bits per heavy atom. The third kappa shape index (κ3) is 2.88. The summed E-state index contributed by atoms with van der Waals surface area (Å²) in [5, 5.41) is 3.70. The van der Waals surface area contributed by atoms with Gasteiger partial charge in [-0.3, -0.25) is 0 Å². The molecule has 2 fully saturated rings. The Hall–Kier alpha value is 0.270. The van der Waals surface area contributed by atoms with E-state index in [1.54, 1.807) is 0 Å². The van der Waals surface area contributed by atoms with E-state index < -0.39 is 0 Å². The van der Waals surface area contributed by atoms with Crippen LogP contribution in [0.25, 0.3) is 0 Å². The van der Waals surface area contributed by atoms with Gasteiger partial charge in [0.25, 0.3) is 0 Å². The number of thioether (sulfide) groups is 1. The Kier molecular flexibility index (Phi) is 4.14. The second-order valence-electron chi connectivity index (χ2n) is 4.61. The van der Waals surface area contributed by atoms with E-state index in [0.717, 1.165) is 37.6 Å². The summed E-state index contributed by atoms with van der Waals surface area (Å²) in [5.41, 5.74) is 0. The smallest absolute Gasteiger partial charge is 0.0506 e. The SMILES string of the molecule is CC1CSCC1NCC1CCCOC1. The third-order valence-electron chi connectivity index (χ3n) is 3.29. The van der Waals surface area contributed by atoms with Crippen LogP contribution in [0.1, 0.15) is 19.8 Å². The van der Waals surface area contributed by atoms with E-state index in [9.17, 15) is 0 Å². The van der Waals surface area contributed by atoms with Crippen molar-refractivity contribution in [1.29, 1.82) is 0 Å². The zero-order valence-corrected chi connectivity index (χ0v) is 9.81. The largest absolute Gasteiger partial charge is 0.381 e. The molecule has 2 nitrogen and oxygen atoms in total. The maximum absolute atomic E-state index is 5.48. The Labute approximate surface area is 91.2 Å². The summed E-state index contributed by atoms with van der Waals surface area (Å²) >= 11 is 2.08. The van der Waals surface area contributed by atoms with E-state index >= 15 is 0 Å². The van der Waals surface area contributed by atoms with Gasteiger partial charge in [0, 0.05) is 24.9 Å². The van der Waals surface area contributed by atoms with Crippen molar-refractivity contribution in [2.24, 2.45) is 11.8 Å². The third-order valence-corrected chi connectivity index (χ3v) is 4.64. The van der Waals surface area contributed by atoms with Crippen LogP contribution < -0.4 is 5.32 Å². The van der Waals surface area contributed by atoms with Crippen LogP contribution in [0, 0.1) is 11.8 Å². The highest BCUT2D eigenvalue weighted by Gasteiger charge is 2.24. The Bertz CT molecular complexity index is 171. The number of ether oxygens (including phenoxy) is 1. The summed E-state index contributed by atoms with van der Waals surface area (Å²) in [5.74, 6) is 4.25. The minimum atomic E-state index is 0.752. The number of rotatable bonds is 3. The lowest BCUT2D eigenvalue weighted by atomic mass is 10.0. The minimum absolute atomic E-state index is 0.752. The molecular formula is C11H21NOS. The van der Waals surface area contributed by atoms with Crippen LogP contribution in [0.5, 0.6) is 0 Å². The van der Waals surface area contributed by atoms with Crippen LogP contribution >= 0.6 is 11.8 Å². The van der Waals surface area contributed by atoms with Gasteiger partial charge in [0.05, 0.1) is 6.61 Å². The van der Waals surface area contributed by atoms with Crippen LogP contribution in [0.3, 0.4) is 0 Å². The zero-order valence-electron chi connectivity index (χ0n) is 9.00. The average Bonchev–Trinajstić information content (AvgIpc) is 2.63. The van der Waals surface area contributed by atoms with Gasteiger partial charge in [0.1, 0.15) is 0 Å². The molecular weight excluding hydrogens is 194 g/mol. The lowest BCUT2D eigenvalue weighted by molar-refractivity contribution is 0.0536. The predicted octanol–water partition coefficient (Wildman–Crippen LogP) is 1.75. The van der Waals surface area contributed by atoms with E-state index in [2.05, 4.69) is 24.0 Å². The second-order valence-corrected chi connectivity index (χ2v) is 5.69. The molecule has 0 aromatic rings. The van der Waals surface area contributed by atoms with Crippen LogP contribution in [0.4, 0.5) is 0 Å². The molecule has 3 atom stereocenters. The molecule has 0 amide bonds. The second kappa shape index (κ2) is 5.38. The first-order chi connectivity index (χ1) is 6.86. The van der Waals surface area contributed by atoms with E-state index in [4.69, 9.17) is 4.74 Å². The lowest BCUT2D eigenvalue weighted by Gasteiger charge is -2.25. The molecule has 3 heteroatoms. The molecule has 3 unspecified atom stereocenters. The van der Waals surface area contributed by atoms with Gasteiger partial charge in [-0.2, -0.15) is 11.8 Å². The van der Waals surface area contributed by atoms with Crippen LogP contribution in [0.15, 0.2) is 0 Å². The standard InChI is InChI=1S/C11H21NOS/c1-9-7-14-8-11(9)12-5-10-3-2-4-13-6-10/h9-12H,2-8H2,1H3. The van der Waals surface area contributed by atoms with E-state index in [1.165, 1.54) is 24.3 Å². The highest BCUT2D eigenvalue weighted by Crippen LogP contribution is 2.24. The Morgan fingerprint density at radius 2 is 2.36 bits per heavy atom. The van der Waals surface area contributed by atoms with Gasteiger partial charge in [0.2, 0.25) is 0 Å². The quantitative estimate of drug-likeness (QED) is 0.775. The molecule has 0 aliphatic carbocycles. The molecule has 0 spiro atoms. The van der Waals surface area contributed by atoms with Crippen molar-refractivity contribution >= 4 is 11.8 Å². The monoisotopic (exact) mass is 215 g/mol. The molecule has 2 heterocycles. The van der Waals surface area contributed by atoms with Gasteiger partial charge in [-0.25, -0.2) is 0 Å². The summed E-state index contributed by atoms with van der Waals surface area (Å²) in [6.07, 6.45) is 2.60. The van der Waals surface area contributed by atoms with Gasteiger partial charge >= 0.3 is 0 Å². The van der Waals surface area contributed by atoms with Crippen molar-refractivity contribution in [3.63, 3.8) is 0 Å². The van der Waals surface area contributed by atoms with Crippen molar-refractivity contribution in [3.05, 3.63) is 0 Å². The highest BCUT2D eigenvalue weighted by atomic mass is 32.2. The molecule has 2 aliphatic rings. The molecule has 0 aromatic heterocycles. The fraction of sp³-hybridized carbons (Fsp3) is 1.00. The fourth-order valence-electron chi connectivity index (χ4n) is 2.21. The zero-order chi connectivity index (χ0) is 9.80.